The maximum Gasteiger partial charge on any atom is 0.106 e. The monoisotopic (exact) mass is 189 g/mol. The van der Waals surface area contributed by atoms with Crippen molar-refractivity contribution in [1.29, 1.82) is 0 Å². The predicted octanol–water partition coefficient (Wildman–Crippen LogP) is 1.20. The van der Waals surface area contributed by atoms with Gasteiger partial charge >= 0.3 is 0 Å². The lowest BCUT2D eigenvalue weighted by Crippen LogP contribution is -2.27. The first kappa shape index (κ1) is 12.9. The van der Waals surface area contributed by atoms with Crippen LogP contribution in [0.2, 0.25) is 0 Å². The molecule has 0 saturated heterocycles. The molecule has 0 aromatic heterocycles. The first-order chi connectivity index (χ1) is 6.18. The summed E-state index contributed by atoms with van der Waals surface area (Å²) >= 11 is 0. The van der Waals surface area contributed by atoms with Crippen LogP contribution < -0.4 is 0 Å². The van der Waals surface area contributed by atoms with Gasteiger partial charge in [0.1, 0.15) is 6.23 Å². The summed E-state index contributed by atoms with van der Waals surface area (Å²) in [5.41, 5.74) is 0. The molecule has 0 heterocycles. The molecule has 2 N–H and O–H groups in total. The van der Waals surface area contributed by atoms with Gasteiger partial charge in [0.25, 0.3) is 0 Å². The van der Waals surface area contributed by atoms with E-state index in [9.17, 15) is 5.11 Å². The van der Waals surface area contributed by atoms with Crippen molar-refractivity contribution in [2.75, 3.05) is 20.7 Å². The molecule has 0 aromatic carbocycles. The molecular weight excluding hydrogens is 166 g/mol. The molecule has 0 rings (SSSR count). The molecule has 0 amide bonds. The lowest BCUT2D eigenvalue weighted by molar-refractivity contribution is 0.0312. The Balaban J connectivity index is 3.07. The molecule has 0 aliphatic rings. The van der Waals surface area contributed by atoms with Crippen molar-refractivity contribution in [3.05, 3.63) is 0 Å². The van der Waals surface area contributed by atoms with Gasteiger partial charge in [0.2, 0.25) is 0 Å². The van der Waals surface area contributed by atoms with Gasteiger partial charge in [0, 0.05) is 6.61 Å². The van der Waals surface area contributed by atoms with Crippen molar-refractivity contribution in [3.63, 3.8) is 0 Å². The smallest absolute Gasteiger partial charge is 0.106 e. The SMILES string of the molecule is CN(C)C(O)CCCCCCCO. The molecule has 0 aliphatic carbocycles. The Labute approximate surface area is 81.4 Å². The third-order valence-corrected chi connectivity index (χ3v) is 2.22. The summed E-state index contributed by atoms with van der Waals surface area (Å²) in [5, 5.41) is 18.0. The first-order valence-corrected chi connectivity index (χ1v) is 5.14. The first-order valence-electron chi connectivity index (χ1n) is 5.14. The zero-order valence-electron chi connectivity index (χ0n) is 8.87. The third-order valence-electron chi connectivity index (χ3n) is 2.22. The second-order valence-electron chi connectivity index (χ2n) is 3.72. The fraction of sp³-hybridized carbons (Fsp3) is 1.00. The van der Waals surface area contributed by atoms with Gasteiger partial charge in [-0.15, -0.1) is 0 Å². The van der Waals surface area contributed by atoms with Crippen molar-refractivity contribution in [2.45, 2.75) is 44.8 Å². The molecule has 0 aromatic rings. The van der Waals surface area contributed by atoms with Crippen LogP contribution in [0.15, 0.2) is 0 Å². The van der Waals surface area contributed by atoms with Crippen molar-refractivity contribution < 1.29 is 10.2 Å². The summed E-state index contributed by atoms with van der Waals surface area (Å²) in [4.78, 5) is 1.83. The number of hydrogen-bond acceptors (Lipinski definition) is 3. The van der Waals surface area contributed by atoms with Crippen LogP contribution in [0.1, 0.15) is 38.5 Å². The van der Waals surface area contributed by atoms with E-state index in [2.05, 4.69) is 0 Å². The van der Waals surface area contributed by atoms with Crippen molar-refractivity contribution >= 4 is 0 Å². The van der Waals surface area contributed by atoms with E-state index in [1.807, 2.05) is 19.0 Å². The molecule has 3 heteroatoms. The average molecular weight is 189 g/mol. The highest BCUT2D eigenvalue weighted by atomic mass is 16.3. The zero-order chi connectivity index (χ0) is 10.1. The molecule has 80 valence electrons. The summed E-state index contributed by atoms with van der Waals surface area (Å²) in [6.07, 6.45) is 5.98. The second kappa shape index (κ2) is 8.48. The highest BCUT2D eigenvalue weighted by Gasteiger charge is 2.04. The minimum Gasteiger partial charge on any atom is -0.396 e. The number of rotatable bonds is 8. The van der Waals surface area contributed by atoms with Gasteiger partial charge in [-0.25, -0.2) is 0 Å². The quantitative estimate of drug-likeness (QED) is 0.445. The van der Waals surface area contributed by atoms with E-state index in [0.29, 0.717) is 6.61 Å². The summed E-state index contributed by atoms with van der Waals surface area (Å²) < 4.78 is 0. The van der Waals surface area contributed by atoms with Gasteiger partial charge in [0.15, 0.2) is 0 Å². The number of hydrogen-bond donors (Lipinski definition) is 2. The maximum absolute atomic E-state index is 9.42. The largest absolute Gasteiger partial charge is 0.396 e. The van der Waals surface area contributed by atoms with Gasteiger partial charge in [-0.05, 0) is 33.4 Å². The Morgan fingerprint density at radius 2 is 1.54 bits per heavy atom. The van der Waals surface area contributed by atoms with Crippen LogP contribution in [0.25, 0.3) is 0 Å². The molecule has 0 spiro atoms. The standard InChI is InChI=1S/C10H23NO2/c1-11(2)10(13)8-6-4-3-5-7-9-12/h10,12-13H,3-9H2,1-2H3. The van der Waals surface area contributed by atoms with Crippen molar-refractivity contribution in [1.82, 2.24) is 4.90 Å². The second-order valence-corrected chi connectivity index (χ2v) is 3.72. The van der Waals surface area contributed by atoms with Crippen LogP contribution in [-0.4, -0.2) is 42.0 Å². The van der Waals surface area contributed by atoms with E-state index in [4.69, 9.17) is 5.11 Å². The Bertz CT molecular complexity index is 107. The highest BCUT2D eigenvalue weighted by molar-refractivity contribution is 4.52. The van der Waals surface area contributed by atoms with Gasteiger partial charge < -0.3 is 10.2 Å². The number of aliphatic hydroxyl groups excluding tert-OH is 2. The molecular formula is C10H23NO2. The van der Waals surface area contributed by atoms with Gasteiger partial charge in [-0.3, -0.25) is 4.90 Å². The molecule has 0 fully saturated rings. The highest BCUT2D eigenvalue weighted by Crippen LogP contribution is 2.07. The summed E-state index contributed by atoms with van der Waals surface area (Å²) in [7, 11) is 3.77. The Kier molecular flexibility index (Phi) is 8.40. The zero-order valence-corrected chi connectivity index (χ0v) is 8.87. The van der Waals surface area contributed by atoms with E-state index < -0.39 is 0 Å². The van der Waals surface area contributed by atoms with Crippen LogP contribution in [0, 0.1) is 0 Å². The Morgan fingerprint density at radius 3 is 2.08 bits per heavy atom. The van der Waals surface area contributed by atoms with Gasteiger partial charge in [-0.1, -0.05) is 19.3 Å². The van der Waals surface area contributed by atoms with E-state index in [0.717, 1.165) is 32.1 Å². The normalized spacial score (nSPS) is 13.6. The Morgan fingerprint density at radius 1 is 1.00 bits per heavy atom. The van der Waals surface area contributed by atoms with E-state index in [1.54, 1.807) is 0 Å². The molecule has 0 bridgehead atoms. The van der Waals surface area contributed by atoms with Crippen molar-refractivity contribution in [3.8, 4) is 0 Å². The van der Waals surface area contributed by atoms with Crippen LogP contribution in [-0.2, 0) is 0 Å². The molecule has 13 heavy (non-hydrogen) atoms. The molecule has 3 nitrogen and oxygen atoms in total. The molecule has 0 aliphatic heterocycles. The topological polar surface area (TPSA) is 43.7 Å². The van der Waals surface area contributed by atoms with Gasteiger partial charge in [0.05, 0.1) is 0 Å². The summed E-state index contributed by atoms with van der Waals surface area (Å²) in [5.74, 6) is 0. The minimum atomic E-state index is -0.294. The molecule has 0 saturated carbocycles. The van der Waals surface area contributed by atoms with Crippen LogP contribution >= 0.6 is 0 Å². The summed E-state index contributed by atoms with van der Waals surface area (Å²) in [6, 6.07) is 0. The number of aliphatic hydroxyl groups is 2. The van der Waals surface area contributed by atoms with Crippen molar-refractivity contribution in [2.24, 2.45) is 0 Å². The van der Waals surface area contributed by atoms with E-state index in [1.165, 1.54) is 6.42 Å². The van der Waals surface area contributed by atoms with Gasteiger partial charge in [-0.2, -0.15) is 0 Å². The third kappa shape index (κ3) is 8.22. The van der Waals surface area contributed by atoms with Crippen LogP contribution in [0.4, 0.5) is 0 Å². The summed E-state index contributed by atoms with van der Waals surface area (Å²) in [6.45, 7) is 0.306. The van der Waals surface area contributed by atoms with E-state index in [-0.39, 0.29) is 6.23 Å². The maximum atomic E-state index is 9.42. The lowest BCUT2D eigenvalue weighted by atomic mass is 10.1. The van der Waals surface area contributed by atoms with Crippen LogP contribution in [0.3, 0.4) is 0 Å². The molecule has 1 unspecified atom stereocenters. The van der Waals surface area contributed by atoms with E-state index >= 15 is 0 Å². The molecule has 1 atom stereocenters. The molecule has 0 radical (unpaired) electrons. The van der Waals surface area contributed by atoms with Crippen LogP contribution in [0.5, 0.6) is 0 Å². The average Bonchev–Trinajstić information content (AvgIpc) is 2.10. The predicted molar refractivity (Wildman–Crippen MR) is 54.5 cm³/mol. The fourth-order valence-electron chi connectivity index (χ4n) is 1.23. The minimum absolute atomic E-state index is 0.294. The number of nitrogens with zero attached hydrogens (tertiary/aromatic N) is 1. The lowest BCUT2D eigenvalue weighted by Gasteiger charge is -2.17. The number of unbranched alkanes of at least 4 members (excludes halogenated alkanes) is 4. The fourth-order valence-corrected chi connectivity index (χ4v) is 1.23. The Hall–Kier alpha value is -0.120.